The second-order valence-corrected chi connectivity index (χ2v) is 7.88. The van der Waals surface area contributed by atoms with Gasteiger partial charge in [-0.3, -0.25) is 4.79 Å². The van der Waals surface area contributed by atoms with Crippen molar-refractivity contribution in [1.29, 1.82) is 0 Å². The maximum Gasteiger partial charge on any atom is 0.238 e. The molecule has 2 atom stereocenters. The van der Waals surface area contributed by atoms with Crippen LogP contribution in [0.3, 0.4) is 0 Å². The third-order valence-corrected chi connectivity index (χ3v) is 6.10. The molecule has 2 aliphatic rings. The third-order valence-electron chi connectivity index (χ3n) is 3.27. The normalized spacial score (nSPS) is 31.0. The third kappa shape index (κ3) is 2.18. The van der Waals surface area contributed by atoms with Crippen LogP contribution in [0.2, 0.25) is 0 Å². The maximum absolute atomic E-state index is 11.6. The fourth-order valence-corrected chi connectivity index (χ4v) is 5.06. The van der Waals surface area contributed by atoms with E-state index in [1.54, 1.807) is 11.8 Å². The van der Waals surface area contributed by atoms with Gasteiger partial charge in [-0.05, 0) is 6.42 Å². The van der Waals surface area contributed by atoms with Gasteiger partial charge < -0.3 is 4.52 Å². The van der Waals surface area contributed by atoms with Crippen molar-refractivity contribution in [3.8, 4) is 0 Å². The summed E-state index contributed by atoms with van der Waals surface area (Å²) in [5, 5.41) is 3.83. The Morgan fingerprint density at radius 3 is 2.83 bits per heavy atom. The van der Waals surface area contributed by atoms with E-state index in [1.165, 1.54) is 0 Å². The molecule has 3 rings (SSSR count). The van der Waals surface area contributed by atoms with Crippen LogP contribution < -0.4 is 0 Å². The Kier molecular flexibility index (Phi) is 2.93. The number of aromatic nitrogens is 2. The molecule has 0 amide bonds. The minimum atomic E-state index is -2.96. The number of nitrogens with zero attached hydrogens (tertiary/aromatic N) is 2. The molecule has 1 aromatic heterocycles. The summed E-state index contributed by atoms with van der Waals surface area (Å²) < 4.78 is 27.9. The number of carbonyl (C=O) groups is 1. The van der Waals surface area contributed by atoms with E-state index in [0.717, 1.165) is 0 Å². The Morgan fingerprint density at radius 2 is 2.22 bits per heavy atom. The molecule has 0 bridgehead atoms. The van der Waals surface area contributed by atoms with Gasteiger partial charge in [0.1, 0.15) is 5.92 Å². The van der Waals surface area contributed by atoms with Crippen LogP contribution in [-0.4, -0.2) is 47.4 Å². The highest BCUT2D eigenvalue weighted by Crippen LogP contribution is 2.31. The first-order chi connectivity index (χ1) is 8.55. The molecular weight excluding hydrogens is 276 g/mol. The average Bonchev–Trinajstić information content (AvgIpc) is 2.97. The first-order valence-electron chi connectivity index (χ1n) is 5.69. The summed E-state index contributed by atoms with van der Waals surface area (Å²) in [6.07, 6.45) is 0.536. The Morgan fingerprint density at radius 1 is 1.39 bits per heavy atom. The van der Waals surface area contributed by atoms with E-state index in [1.807, 2.05) is 0 Å². The van der Waals surface area contributed by atoms with E-state index >= 15 is 0 Å². The Balaban J connectivity index is 1.80. The molecule has 3 heterocycles. The first kappa shape index (κ1) is 12.2. The summed E-state index contributed by atoms with van der Waals surface area (Å²) in [6, 6.07) is 0. The lowest BCUT2D eigenvalue weighted by Gasteiger charge is -1.99. The maximum atomic E-state index is 11.6. The number of rotatable bonds is 2. The molecular formula is C10H12N2O4S2. The van der Waals surface area contributed by atoms with Crippen LogP contribution in [0.4, 0.5) is 0 Å². The zero-order chi connectivity index (χ0) is 12.8. The number of hydrogen-bond acceptors (Lipinski definition) is 7. The molecule has 0 aromatic carbocycles. The summed E-state index contributed by atoms with van der Waals surface area (Å²) >= 11 is 1.55. The van der Waals surface area contributed by atoms with Gasteiger partial charge in [0.05, 0.1) is 17.3 Å². The number of Topliss-reactive ketones (excluding diaryl/α,β-unsaturated/α-hetero) is 1. The molecule has 6 nitrogen and oxygen atoms in total. The molecule has 2 aliphatic heterocycles. The summed E-state index contributed by atoms with van der Waals surface area (Å²) in [7, 11) is -2.96. The average molecular weight is 288 g/mol. The van der Waals surface area contributed by atoms with E-state index in [-0.39, 0.29) is 29.1 Å². The molecule has 98 valence electrons. The second kappa shape index (κ2) is 4.34. The summed E-state index contributed by atoms with van der Waals surface area (Å²) in [5.41, 5.74) is 0. The molecule has 0 radical (unpaired) electrons. The lowest BCUT2D eigenvalue weighted by Crippen LogP contribution is -2.10. The quantitative estimate of drug-likeness (QED) is 0.776. The molecule has 8 heteroatoms. The van der Waals surface area contributed by atoms with E-state index in [9.17, 15) is 13.2 Å². The van der Waals surface area contributed by atoms with Gasteiger partial charge in [0.2, 0.25) is 5.89 Å². The molecule has 1 aromatic rings. The van der Waals surface area contributed by atoms with Gasteiger partial charge >= 0.3 is 0 Å². The summed E-state index contributed by atoms with van der Waals surface area (Å²) in [5.74, 6) is 1.79. The second-order valence-electron chi connectivity index (χ2n) is 4.62. The van der Waals surface area contributed by atoms with Crippen LogP contribution in [-0.2, 0) is 14.6 Å². The molecule has 0 spiro atoms. The van der Waals surface area contributed by atoms with Crippen LogP contribution >= 0.6 is 11.8 Å². The molecule has 2 fully saturated rings. The van der Waals surface area contributed by atoms with Gasteiger partial charge in [0.15, 0.2) is 21.4 Å². The van der Waals surface area contributed by atoms with Crippen LogP contribution in [0.1, 0.15) is 30.0 Å². The highest BCUT2D eigenvalue weighted by molar-refractivity contribution is 8.00. The number of sulfone groups is 1. The smallest absolute Gasteiger partial charge is 0.238 e. The van der Waals surface area contributed by atoms with Crippen molar-refractivity contribution in [1.82, 2.24) is 10.1 Å². The SMILES string of the molecule is O=C1CSCC1c1nc(C2CCS(=O)(=O)C2)no1. The standard InChI is InChI=1S/C10H12N2O4S2/c13-8-4-17-3-7(8)10-11-9(12-16-10)6-1-2-18(14,15)5-6/h6-7H,1-5H2. The van der Waals surface area contributed by atoms with Gasteiger partial charge in [0, 0.05) is 11.7 Å². The van der Waals surface area contributed by atoms with Gasteiger partial charge in [-0.25, -0.2) is 8.42 Å². The molecule has 18 heavy (non-hydrogen) atoms. The lowest BCUT2D eigenvalue weighted by molar-refractivity contribution is -0.117. The van der Waals surface area contributed by atoms with Gasteiger partial charge in [0.25, 0.3) is 0 Å². The van der Waals surface area contributed by atoms with Crippen molar-refractivity contribution in [3.63, 3.8) is 0 Å². The fourth-order valence-electron chi connectivity index (χ4n) is 2.23. The molecule has 0 saturated carbocycles. The van der Waals surface area contributed by atoms with Crippen molar-refractivity contribution in [2.24, 2.45) is 0 Å². The minimum absolute atomic E-state index is 0.0827. The van der Waals surface area contributed by atoms with Crippen molar-refractivity contribution in [2.75, 3.05) is 23.0 Å². The van der Waals surface area contributed by atoms with E-state index < -0.39 is 9.84 Å². The van der Waals surface area contributed by atoms with E-state index in [2.05, 4.69) is 10.1 Å². The summed E-state index contributed by atoms with van der Waals surface area (Å²) in [6.45, 7) is 0. The Bertz CT molecular complexity index is 580. The fraction of sp³-hybridized carbons (Fsp3) is 0.700. The number of thioether (sulfide) groups is 1. The van der Waals surface area contributed by atoms with Crippen LogP contribution in [0.15, 0.2) is 4.52 Å². The Hall–Kier alpha value is -0.890. The molecule has 2 saturated heterocycles. The summed E-state index contributed by atoms with van der Waals surface area (Å²) in [4.78, 5) is 15.8. The van der Waals surface area contributed by atoms with Crippen LogP contribution in [0.25, 0.3) is 0 Å². The van der Waals surface area contributed by atoms with Gasteiger partial charge in [-0.15, -0.1) is 0 Å². The molecule has 0 N–H and O–H groups in total. The molecule has 0 aliphatic carbocycles. The van der Waals surface area contributed by atoms with Crippen molar-refractivity contribution < 1.29 is 17.7 Å². The van der Waals surface area contributed by atoms with E-state index in [0.29, 0.717) is 29.6 Å². The Labute approximate surface area is 108 Å². The molecule has 2 unspecified atom stereocenters. The number of hydrogen-bond donors (Lipinski definition) is 0. The highest BCUT2D eigenvalue weighted by Gasteiger charge is 2.35. The monoisotopic (exact) mass is 288 g/mol. The van der Waals surface area contributed by atoms with Gasteiger partial charge in [-0.2, -0.15) is 16.7 Å². The zero-order valence-corrected chi connectivity index (χ0v) is 11.2. The van der Waals surface area contributed by atoms with E-state index in [4.69, 9.17) is 4.52 Å². The van der Waals surface area contributed by atoms with Crippen LogP contribution in [0.5, 0.6) is 0 Å². The minimum Gasteiger partial charge on any atom is -0.339 e. The van der Waals surface area contributed by atoms with Gasteiger partial charge in [-0.1, -0.05) is 5.16 Å². The predicted octanol–water partition coefficient (Wildman–Crippen LogP) is 0.371. The number of ketones is 1. The lowest BCUT2D eigenvalue weighted by atomic mass is 10.1. The van der Waals surface area contributed by atoms with Crippen molar-refractivity contribution in [2.45, 2.75) is 18.3 Å². The van der Waals surface area contributed by atoms with Crippen LogP contribution in [0, 0.1) is 0 Å². The predicted molar refractivity (Wildman–Crippen MR) is 65.4 cm³/mol. The zero-order valence-electron chi connectivity index (χ0n) is 9.53. The van der Waals surface area contributed by atoms with Crippen molar-refractivity contribution >= 4 is 27.4 Å². The number of carbonyl (C=O) groups excluding carboxylic acids is 1. The topological polar surface area (TPSA) is 90.1 Å². The highest BCUT2D eigenvalue weighted by atomic mass is 32.2. The largest absolute Gasteiger partial charge is 0.339 e. The first-order valence-corrected chi connectivity index (χ1v) is 8.67. The van der Waals surface area contributed by atoms with Crippen molar-refractivity contribution in [3.05, 3.63) is 11.7 Å².